The molecule has 162 valence electrons. The zero-order valence-corrected chi connectivity index (χ0v) is 17.7. The molecule has 7 nitrogen and oxygen atoms in total. The minimum absolute atomic E-state index is 0.0681. The summed E-state index contributed by atoms with van der Waals surface area (Å²) in [5.74, 6) is -0.912. The van der Waals surface area contributed by atoms with E-state index in [1.165, 1.54) is 36.4 Å². The summed E-state index contributed by atoms with van der Waals surface area (Å²) < 4.78 is 46.1. The first-order chi connectivity index (χ1) is 14.4. The van der Waals surface area contributed by atoms with Gasteiger partial charge in [0.25, 0.3) is 10.0 Å². The lowest BCUT2D eigenvalue weighted by Crippen LogP contribution is -2.44. The van der Waals surface area contributed by atoms with Crippen LogP contribution >= 0.6 is 0 Å². The van der Waals surface area contributed by atoms with E-state index in [-0.39, 0.29) is 10.6 Å². The SMILES string of the molecule is Cc1ccc(S(=O)(=O)N(CC(=O)NCCN2CCOCC2)c2ccc(F)cc2)cc1. The second kappa shape index (κ2) is 10.0. The van der Waals surface area contributed by atoms with Crippen LogP contribution in [0.3, 0.4) is 0 Å². The van der Waals surface area contributed by atoms with Crippen LogP contribution in [0.4, 0.5) is 10.1 Å². The Morgan fingerprint density at radius 3 is 2.37 bits per heavy atom. The van der Waals surface area contributed by atoms with E-state index in [1.54, 1.807) is 12.1 Å². The van der Waals surface area contributed by atoms with Crippen LogP contribution in [-0.2, 0) is 19.6 Å². The molecular formula is C21H26FN3O4S. The lowest BCUT2D eigenvalue weighted by Gasteiger charge is -2.27. The Labute approximate surface area is 176 Å². The number of aryl methyl sites for hydroxylation is 1. The summed E-state index contributed by atoms with van der Waals surface area (Å²) in [5, 5.41) is 2.77. The number of hydrogen-bond acceptors (Lipinski definition) is 5. The van der Waals surface area contributed by atoms with Crippen molar-refractivity contribution >= 4 is 21.6 Å². The van der Waals surface area contributed by atoms with Gasteiger partial charge in [-0.1, -0.05) is 17.7 Å². The molecule has 3 rings (SSSR count). The van der Waals surface area contributed by atoms with Crippen molar-refractivity contribution in [3.8, 4) is 0 Å². The number of nitrogens with one attached hydrogen (secondary N) is 1. The smallest absolute Gasteiger partial charge is 0.264 e. The van der Waals surface area contributed by atoms with Gasteiger partial charge in [0.1, 0.15) is 12.4 Å². The molecule has 0 radical (unpaired) electrons. The molecule has 30 heavy (non-hydrogen) atoms. The van der Waals surface area contributed by atoms with Crippen molar-refractivity contribution < 1.29 is 22.3 Å². The third kappa shape index (κ3) is 5.78. The van der Waals surface area contributed by atoms with E-state index in [1.807, 2.05) is 6.92 Å². The van der Waals surface area contributed by atoms with Crippen LogP contribution in [0.25, 0.3) is 0 Å². The topological polar surface area (TPSA) is 79.0 Å². The third-order valence-electron chi connectivity index (χ3n) is 4.86. The average molecular weight is 436 g/mol. The van der Waals surface area contributed by atoms with E-state index in [2.05, 4.69) is 10.2 Å². The number of anilines is 1. The molecule has 1 saturated heterocycles. The number of amides is 1. The van der Waals surface area contributed by atoms with Crippen LogP contribution < -0.4 is 9.62 Å². The number of halogens is 1. The summed E-state index contributed by atoms with van der Waals surface area (Å²) in [7, 11) is -4.00. The van der Waals surface area contributed by atoms with Crippen LogP contribution in [0, 0.1) is 12.7 Å². The van der Waals surface area contributed by atoms with E-state index >= 15 is 0 Å². The number of ether oxygens (including phenoxy) is 1. The zero-order valence-electron chi connectivity index (χ0n) is 16.9. The maximum atomic E-state index is 13.4. The van der Waals surface area contributed by atoms with E-state index in [0.29, 0.717) is 26.3 Å². The molecule has 0 spiro atoms. The molecular weight excluding hydrogens is 409 g/mol. The number of hydrogen-bond donors (Lipinski definition) is 1. The summed E-state index contributed by atoms with van der Waals surface area (Å²) in [6.45, 7) is 5.47. The highest BCUT2D eigenvalue weighted by atomic mass is 32.2. The zero-order chi connectivity index (χ0) is 21.6. The van der Waals surface area contributed by atoms with Gasteiger partial charge in [-0.3, -0.25) is 14.0 Å². The molecule has 1 aliphatic rings. The summed E-state index contributed by atoms with van der Waals surface area (Å²) in [6.07, 6.45) is 0. The van der Waals surface area contributed by atoms with Crippen molar-refractivity contribution in [2.45, 2.75) is 11.8 Å². The Bertz CT molecular complexity index is 943. The van der Waals surface area contributed by atoms with Crippen molar-refractivity contribution in [1.82, 2.24) is 10.2 Å². The van der Waals surface area contributed by atoms with Gasteiger partial charge in [-0.2, -0.15) is 0 Å². The molecule has 0 unspecified atom stereocenters. The first-order valence-corrected chi connectivity index (χ1v) is 11.2. The maximum absolute atomic E-state index is 13.4. The fraction of sp³-hybridized carbons (Fsp3) is 0.381. The van der Waals surface area contributed by atoms with Crippen LogP contribution in [0.2, 0.25) is 0 Å². The highest BCUT2D eigenvalue weighted by molar-refractivity contribution is 7.92. The Morgan fingerprint density at radius 2 is 1.73 bits per heavy atom. The second-order valence-corrected chi connectivity index (χ2v) is 8.97. The third-order valence-corrected chi connectivity index (χ3v) is 6.65. The van der Waals surface area contributed by atoms with Crippen LogP contribution in [0.1, 0.15) is 5.56 Å². The molecule has 2 aromatic rings. The van der Waals surface area contributed by atoms with Gasteiger partial charge in [0.2, 0.25) is 5.91 Å². The van der Waals surface area contributed by atoms with E-state index < -0.39 is 28.3 Å². The fourth-order valence-corrected chi connectivity index (χ4v) is 4.55. The number of benzene rings is 2. The summed E-state index contributed by atoms with van der Waals surface area (Å²) in [5.41, 5.74) is 1.14. The first-order valence-electron chi connectivity index (χ1n) is 9.78. The molecule has 1 aliphatic heterocycles. The van der Waals surface area contributed by atoms with Crippen molar-refractivity contribution in [2.75, 3.05) is 50.2 Å². The Kier molecular flexibility index (Phi) is 7.41. The van der Waals surface area contributed by atoms with Crippen molar-refractivity contribution in [3.63, 3.8) is 0 Å². The first kappa shape index (κ1) is 22.2. The minimum Gasteiger partial charge on any atom is -0.379 e. The molecule has 1 fully saturated rings. The fourth-order valence-electron chi connectivity index (χ4n) is 3.12. The van der Waals surface area contributed by atoms with E-state index in [0.717, 1.165) is 23.0 Å². The second-order valence-electron chi connectivity index (χ2n) is 7.11. The van der Waals surface area contributed by atoms with Gasteiger partial charge in [-0.25, -0.2) is 12.8 Å². The monoisotopic (exact) mass is 435 g/mol. The quantitative estimate of drug-likeness (QED) is 0.684. The van der Waals surface area contributed by atoms with Gasteiger partial charge in [0.05, 0.1) is 23.8 Å². The standard InChI is InChI=1S/C21H26FN3O4S/c1-17-2-8-20(9-3-17)30(27,28)25(19-6-4-18(22)5-7-19)16-21(26)23-10-11-24-12-14-29-15-13-24/h2-9H,10-16H2,1H3,(H,23,26). The molecule has 2 aromatic carbocycles. The number of rotatable bonds is 8. The van der Waals surface area contributed by atoms with Gasteiger partial charge in [-0.15, -0.1) is 0 Å². The molecule has 0 aliphatic carbocycles. The molecule has 1 heterocycles. The molecule has 9 heteroatoms. The van der Waals surface area contributed by atoms with E-state index in [4.69, 9.17) is 4.74 Å². The lowest BCUT2D eigenvalue weighted by molar-refractivity contribution is -0.119. The van der Waals surface area contributed by atoms with Crippen molar-refractivity contribution in [1.29, 1.82) is 0 Å². The predicted octanol–water partition coefficient (Wildman–Crippen LogP) is 1.78. The van der Waals surface area contributed by atoms with E-state index in [9.17, 15) is 17.6 Å². The summed E-state index contributed by atoms with van der Waals surface area (Å²) in [4.78, 5) is 14.8. The highest BCUT2D eigenvalue weighted by Crippen LogP contribution is 2.24. The normalized spacial score (nSPS) is 15.0. The summed E-state index contributed by atoms with van der Waals surface area (Å²) in [6, 6.07) is 11.4. The maximum Gasteiger partial charge on any atom is 0.264 e. The minimum atomic E-state index is -4.00. The van der Waals surface area contributed by atoms with Gasteiger partial charge in [-0.05, 0) is 43.3 Å². The summed E-state index contributed by atoms with van der Waals surface area (Å²) >= 11 is 0. The van der Waals surface area contributed by atoms with Crippen molar-refractivity contribution in [3.05, 3.63) is 59.9 Å². The van der Waals surface area contributed by atoms with Crippen LogP contribution in [-0.4, -0.2) is 65.2 Å². The number of sulfonamides is 1. The molecule has 1 N–H and O–H groups in total. The Balaban J connectivity index is 1.73. The lowest BCUT2D eigenvalue weighted by atomic mass is 10.2. The average Bonchev–Trinajstić information content (AvgIpc) is 2.74. The predicted molar refractivity (Wildman–Crippen MR) is 112 cm³/mol. The van der Waals surface area contributed by atoms with Gasteiger partial charge in [0, 0.05) is 26.2 Å². The number of carbonyl (C=O) groups is 1. The highest BCUT2D eigenvalue weighted by Gasteiger charge is 2.27. The van der Waals surface area contributed by atoms with Crippen molar-refractivity contribution in [2.24, 2.45) is 0 Å². The molecule has 0 atom stereocenters. The number of carbonyl (C=O) groups excluding carboxylic acids is 1. The van der Waals surface area contributed by atoms with Gasteiger partial charge in [0.15, 0.2) is 0 Å². The molecule has 1 amide bonds. The molecule has 0 bridgehead atoms. The number of nitrogens with zero attached hydrogens (tertiary/aromatic N) is 2. The van der Waals surface area contributed by atoms with Crippen LogP contribution in [0.5, 0.6) is 0 Å². The van der Waals surface area contributed by atoms with Crippen LogP contribution in [0.15, 0.2) is 53.4 Å². The molecule has 0 saturated carbocycles. The van der Waals surface area contributed by atoms with Gasteiger partial charge < -0.3 is 10.1 Å². The Hall–Kier alpha value is -2.49. The molecule has 0 aromatic heterocycles. The Morgan fingerprint density at radius 1 is 1.10 bits per heavy atom. The number of morpholine rings is 1. The largest absolute Gasteiger partial charge is 0.379 e. The van der Waals surface area contributed by atoms with Gasteiger partial charge >= 0.3 is 0 Å².